The second-order valence-electron chi connectivity index (χ2n) is 7.43. The summed E-state index contributed by atoms with van der Waals surface area (Å²) in [5.74, 6) is 0.00809. The van der Waals surface area contributed by atoms with Crippen molar-refractivity contribution in [1.29, 1.82) is 0 Å². The van der Waals surface area contributed by atoms with Crippen LogP contribution in [0.4, 0.5) is 5.69 Å². The van der Waals surface area contributed by atoms with Crippen LogP contribution in [0.1, 0.15) is 18.9 Å². The van der Waals surface area contributed by atoms with E-state index in [9.17, 15) is 18.3 Å². The van der Waals surface area contributed by atoms with Gasteiger partial charge in [-0.3, -0.25) is 9.69 Å². The molecule has 0 aliphatic carbocycles. The van der Waals surface area contributed by atoms with E-state index in [0.717, 1.165) is 12.0 Å². The minimum absolute atomic E-state index is 0.163. The van der Waals surface area contributed by atoms with E-state index in [1.807, 2.05) is 24.0 Å². The topological polar surface area (TPSA) is 99.2 Å². The number of morpholine rings is 1. The van der Waals surface area contributed by atoms with E-state index in [4.69, 9.17) is 4.74 Å². The van der Waals surface area contributed by atoms with Gasteiger partial charge in [-0.05, 0) is 43.3 Å². The van der Waals surface area contributed by atoms with Gasteiger partial charge >= 0.3 is 0 Å². The van der Waals surface area contributed by atoms with Crippen molar-refractivity contribution in [2.75, 3.05) is 44.7 Å². The molecule has 168 valence electrons. The van der Waals surface area contributed by atoms with Crippen LogP contribution in [0.2, 0.25) is 0 Å². The summed E-state index contributed by atoms with van der Waals surface area (Å²) in [6.07, 6.45) is 0.870. The number of para-hydroxylation sites is 1. The molecule has 1 aliphatic rings. The number of carbonyl (C=O) groups is 1. The fraction of sp³-hybridized carbons (Fsp3) is 0.409. The third-order valence-corrected chi connectivity index (χ3v) is 6.95. The van der Waals surface area contributed by atoms with E-state index in [2.05, 4.69) is 5.32 Å². The molecule has 0 bridgehead atoms. The Morgan fingerprint density at radius 2 is 1.81 bits per heavy atom. The smallest absolute Gasteiger partial charge is 0.243 e. The summed E-state index contributed by atoms with van der Waals surface area (Å²) in [4.78, 5) is 14.7. The largest absolute Gasteiger partial charge is 0.508 e. The minimum atomic E-state index is -3.56. The first-order valence-electron chi connectivity index (χ1n) is 10.4. The lowest BCUT2D eigenvalue weighted by atomic mass is 10.2. The number of ether oxygens (including phenoxy) is 1. The molecule has 2 N–H and O–H groups in total. The number of phenols is 1. The van der Waals surface area contributed by atoms with E-state index in [-0.39, 0.29) is 23.1 Å². The zero-order chi connectivity index (χ0) is 22.3. The highest BCUT2D eigenvalue weighted by Crippen LogP contribution is 2.20. The van der Waals surface area contributed by atoms with Crippen LogP contribution in [0.3, 0.4) is 0 Å². The Morgan fingerprint density at radius 1 is 1.13 bits per heavy atom. The van der Waals surface area contributed by atoms with Crippen molar-refractivity contribution in [3.05, 3.63) is 54.1 Å². The van der Waals surface area contributed by atoms with Gasteiger partial charge in [0.1, 0.15) is 5.75 Å². The molecule has 0 unspecified atom stereocenters. The van der Waals surface area contributed by atoms with Crippen LogP contribution in [0.25, 0.3) is 0 Å². The number of hydrogen-bond donors (Lipinski definition) is 2. The zero-order valence-corrected chi connectivity index (χ0v) is 18.5. The molecule has 0 spiro atoms. The van der Waals surface area contributed by atoms with Crippen LogP contribution in [-0.2, 0) is 26.1 Å². The maximum Gasteiger partial charge on any atom is 0.243 e. The second-order valence-corrected chi connectivity index (χ2v) is 9.37. The number of nitrogens with one attached hydrogen (secondary N) is 1. The Morgan fingerprint density at radius 3 is 2.45 bits per heavy atom. The van der Waals surface area contributed by atoms with Gasteiger partial charge in [0.05, 0.1) is 24.7 Å². The number of aromatic hydroxyl groups is 1. The molecular formula is C22H29N3O5S. The van der Waals surface area contributed by atoms with E-state index in [1.54, 1.807) is 24.3 Å². The number of amides is 1. The van der Waals surface area contributed by atoms with Crippen molar-refractivity contribution < 1.29 is 23.1 Å². The van der Waals surface area contributed by atoms with Crippen molar-refractivity contribution >= 4 is 21.6 Å². The normalized spacial score (nSPS) is 15.2. The van der Waals surface area contributed by atoms with Gasteiger partial charge in [0.2, 0.25) is 15.9 Å². The van der Waals surface area contributed by atoms with Crippen LogP contribution in [0.15, 0.2) is 53.4 Å². The highest BCUT2D eigenvalue weighted by atomic mass is 32.2. The van der Waals surface area contributed by atoms with Gasteiger partial charge in [0.25, 0.3) is 0 Å². The number of phenolic OH excluding ortho intramolecular Hbond substituents is 1. The van der Waals surface area contributed by atoms with Gasteiger partial charge in [-0.25, -0.2) is 8.42 Å². The van der Waals surface area contributed by atoms with Crippen molar-refractivity contribution in [3.8, 4) is 5.75 Å². The van der Waals surface area contributed by atoms with Gasteiger partial charge < -0.3 is 15.2 Å². The molecule has 0 radical (unpaired) electrons. The van der Waals surface area contributed by atoms with Gasteiger partial charge in [0, 0.05) is 30.9 Å². The highest BCUT2D eigenvalue weighted by molar-refractivity contribution is 7.89. The van der Waals surface area contributed by atoms with Crippen LogP contribution in [-0.4, -0.2) is 68.0 Å². The van der Waals surface area contributed by atoms with Crippen molar-refractivity contribution in [1.82, 2.24) is 9.21 Å². The highest BCUT2D eigenvalue weighted by Gasteiger charge is 2.26. The number of anilines is 1. The zero-order valence-electron chi connectivity index (χ0n) is 17.7. The van der Waals surface area contributed by atoms with Gasteiger partial charge in [-0.1, -0.05) is 25.1 Å². The van der Waals surface area contributed by atoms with Gasteiger partial charge in [0.15, 0.2) is 0 Å². The number of carbonyl (C=O) groups excluding carboxylic acids is 1. The summed E-state index contributed by atoms with van der Waals surface area (Å²) < 4.78 is 32.0. The molecule has 2 aromatic carbocycles. The molecule has 1 saturated heterocycles. The van der Waals surface area contributed by atoms with E-state index < -0.39 is 10.0 Å². The number of rotatable bonds is 9. The minimum Gasteiger partial charge on any atom is -0.508 e. The molecule has 1 aliphatic heterocycles. The summed E-state index contributed by atoms with van der Waals surface area (Å²) >= 11 is 0. The average molecular weight is 448 g/mol. The second kappa shape index (κ2) is 10.7. The van der Waals surface area contributed by atoms with Gasteiger partial charge in [-0.15, -0.1) is 0 Å². The predicted octanol–water partition coefficient (Wildman–Crippen LogP) is 2.26. The third kappa shape index (κ3) is 6.27. The molecule has 9 heteroatoms. The summed E-state index contributed by atoms with van der Waals surface area (Å²) in [6.45, 7) is 4.82. The Labute approximate surface area is 183 Å². The SMILES string of the molecule is CCCN(CC(=O)Nc1ccc(S(=O)(=O)N2CCOCC2)cc1)Cc1ccccc1O. The molecule has 2 aromatic rings. The summed E-state index contributed by atoms with van der Waals surface area (Å²) in [5, 5.41) is 12.8. The van der Waals surface area contributed by atoms with Crippen molar-refractivity contribution in [2.24, 2.45) is 0 Å². The summed E-state index contributed by atoms with van der Waals surface area (Å²) in [7, 11) is -3.56. The lowest BCUT2D eigenvalue weighted by Crippen LogP contribution is -2.40. The Bertz CT molecular complexity index is 973. The first-order chi connectivity index (χ1) is 14.9. The fourth-order valence-corrected chi connectivity index (χ4v) is 4.87. The van der Waals surface area contributed by atoms with Crippen LogP contribution >= 0.6 is 0 Å². The molecule has 3 rings (SSSR count). The molecule has 31 heavy (non-hydrogen) atoms. The molecule has 1 heterocycles. The van der Waals surface area contributed by atoms with E-state index in [0.29, 0.717) is 45.1 Å². The van der Waals surface area contributed by atoms with Gasteiger partial charge in [-0.2, -0.15) is 4.31 Å². The Hall–Kier alpha value is -2.46. The summed E-state index contributed by atoms with van der Waals surface area (Å²) in [5.41, 5.74) is 1.30. The Kier molecular flexibility index (Phi) is 8.03. The average Bonchev–Trinajstić information content (AvgIpc) is 2.76. The van der Waals surface area contributed by atoms with Crippen molar-refractivity contribution in [3.63, 3.8) is 0 Å². The summed E-state index contributed by atoms with van der Waals surface area (Å²) in [6, 6.07) is 13.3. The van der Waals surface area contributed by atoms with Crippen LogP contribution in [0.5, 0.6) is 5.75 Å². The lowest BCUT2D eigenvalue weighted by molar-refractivity contribution is -0.117. The van der Waals surface area contributed by atoms with E-state index in [1.165, 1.54) is 16.4 Å². The fourth-order valence-electron chi connectivity index (χ4n) is 3.47. The molecule has 0 aromatic heterocycles. The quantitative estimate of drug-likeness (QED) is 0.612. The number of sulfonamides is 1. The third-order valence-electron chi connectivity index (χ3n) is 5.04. The molecule has 0 saturated carbocycles. The molecule has 0 atom stereocenters. The first-order valence-corrected chi connectivity index (χ1v) is 11.8. The number of benzene rings is 2. The number of nitrogens with zero attached hydrogens (tertiary/aromatic N) is 2. The van der Waals surface area contributed by atoms with Crippen LogP contribution < -0.4 is 5.32 Å². The van der Waals surface area contributed by atoms with E-state index >= 15 is 0 Å². The van der Waals surface area contributed by atoms with Crippen molar-refractivity contribution in [2.45, 2.75) is 24.8 Å². The molecular weight excluding hydrogens is 418 g/mol. The molecule has 1 fully saturated rings. The number of hydrogen-bond acceptors (Lipinski definition) is 6. The first kappa shape index (κ1) is 23.2. The van der Waals surface area contributed by atoms with Crippen LogP contribution in [0, 0.1) is 0 Å². The molecule has 8 nitrogen and oxygen atoms in total. The monoisotopic (exact) mass is 447 g/mol. The standard InChI is InChI=1S/C22H29N3O5S/c1-2-11-24(16-18-5-3-4-6-21(18)26)17-22(27)23-19-7-9-20(10-8-19)31(28,29)25-12-14-30-15-13-25/h3-10,26H,2,11-17H2,1H3,(H,23,27). The molecule has 1 amide bonds. The predicted molar refractivity (Wildman–Crippen MR) is 118 cm³/mol. The lowest BCUT2D eigenvalue weighted by Gasteiger charge is -2.26. The maximum atomic E-state index is 12.7. The Balaban J connectivity index is 1.60. The maximum absolute atomic E-state index is 12.7.